The van der Waals surface area contributed by atoms with Gasteiger partial charge < -0.3 is 0 Å². The van der Waals surface area contributed by atoms with E-state index in [2.05, 4.69) is 0 Å². The van der Waals surface area contributed by atoms with Gasteiger partial charge in [-0.15, -0.1) is 0 Å². The highest BCUT2D eigenvalue weighted by atomic mass is 15.0. The summed E-state index contributed by atoms with van der Waals surface area (Å²) < 4.78 is 0. The van der Waals surface area contributed by atoms with E-state index in [4.69, 9.17) is 9.98 Å². The molecule has 0 aromatic rings. The molecule has 86 valence electrons. The van der Waals surface area contributed by atoms with E-state index in [1.165, 1.54) is 62.8 Å². The maximum atomic E-state index is 5.09. The van der Waals surface area contributed by atoms with E-state index in [-0.39, 0.29) is 0 Å². The Labute approximate surface area is 97.3 Å². The minimum absolute atomic E-state index is 0.561. The summed E-state index contributed by atoms with van der Waals surface area (Å²) in [5, 5.41) is 0. The third kappa shape index (κ3) is 1.25. The van der Waals surface area contributed by atoms with Crippen LogP contribution in [0.5, 0.6) is 0 Å². The lowest BCUT2D eigenvalue weighted by atomic mass is 9.89. The first kappa shape index (κ1) is 9.38. The topological polar surface area (TPSA) is 24.7 Å². The largest absolute Gasteiger partial charge is 0.282 e. The zero-order valence-electron chi connectivity index (χ0n) is 9.86. The van der Waals surface area contributed by atoms with E-state index in [1.54, 1.807) is 0 Å². The van der Waals surface area contributed by atoms with Crippen LogP contribution in [0.15, 0.2) is 9.98 Å². The fourth-order valence-corrected chi connectivity index (χ4v) is 4.27. The molecule has 0 bridgehead atoms. The van der Waals surface area contributed by atoms with E-state index in [0.29, 0.717) is 12.1 Å². The number of hydrogen-bond acceptors (Lipinski definition) is 2. The fraction of sp³-hybridized carbons (Fsp3) is 0.857. The highest BCUT2D eigenvalue weighted by molar-refractivity contribution is 6.45. The fourth-order valence-electron chi connectivity index (χ4n) is 4.27. The van der Waals surface area contributed by atoms with Gasteiger partial charge in [-0.3, -0.25) is 9.98 Å². The molecule has 3 saturated carbocycles. The van der Waals surface area contributed by atoms with Gasteiger partial charge in [-0.1, -0.05) is 19.3 Å². The molecule has 0 spiro atoms. The van der Waals surface area contributed by atoms with Crippen LogP contribution in [0.25, 0.3) is 0 Å². The van der Waals surface area contributed by atoms with Crippen LogP contribution >= 0.6 is 0 Å². The van der Waals surface area contributed by atoms with Crippen molar-refractivity contribution in [2.45, 2.75) is 63.5 Å². The Hall–Kier alpha value is -0.660. The van der Waals surface area contributed by atoms with Gasteiger partial charge in [0.05, 0.1) is 23.5 Å². The van der Waals surface area contributed by atoms with Crippen molar-refractivity contribution in [1.29, 1.82) is 0 Å². The Balaban J connectivity index is 1.69. The average molecular weight is 216 g/mol. The molecule has 1 heterocycles. The van der Waals surface area contributed by atoms with Crippen molar-refractivity contribution in [1.82, 2.24) is 0 Å². The quantitative estimate of drug-likeness (QED) is 0.594. The predicted octanol–water partition coefficient (Wildman–Crippen LogP) is 3.01. The number of rotatable bonds is 0. The molecule has 2 heteroatoms. The molecule has 3 aliphatic carbocycles. The summed E-state index contributed by atoms with van der Waals surface area (Å²) in [6.45, 7) is 0. The molecular weight excluding hydrogens is 196 g/mol. The minimum Gasteiger partial charge on any atom is -0.282 e. The van der Waals surface area contributed by atoms with Crippen molar-refractivity contribution in [3.63, 3.8) is 0 Å². The molecule has 0 aromatic heterocycles. The maximum absolute atomic E-state index is 5.09. The van der Waals surface area contributed by atoms with Crippen LogP contribution in [0, 0.1) is 11.8 Å². The lowest BCUT2D eigenvalue weighted by Crippen LogP contribution is -2.35. The van der Waals surface area contributed by atoms with E-state index in [1.807, 2.05) is 0 Å². The van der Waals surface area contributed by atoms with Gasteiger partial charge in [0, 0.05) is 5.92 Å². The summed E-state index contributed by atoms with van der Waals surface area (Å²) in [5.74, 6) is 1.72. The molecule has 0 radical (unpaired) electrons. The van der Waals surface area contributed by atoms with Crippen LogP contribution in [-0.2, 0) is 0 Å². The van der Waals surface area contributed by atoms with E-state index in [9.17, 15) is 0 Å². The summed E-state index contributed by atoms with van der Waals surface area (Å²) in [5.41, 5.74) is 2.86. The molecule has 0 amide bonds. The molecule has 4 unspecified atom stereocenters. The maximum Gasteiger partial charge on any atom is 0.0727 e. The Morgan fingerprint density at radius 3 is 2.50 bits per heavy atom. The normalized spacial score (nSPS) is 45.5. The summed E-state index contributed by atoms with van der Waals surface area (Å²) in [4.78, 5) is 10.1. The van der Waals surface area contributed by atoms with Crippen molar-refractivity contribution < 1.29 is 0 Å². The first-order chi connectivity index (χ1) is 7.92. The van der Waals surface area contributed by atoms with Gasteiger partial charge in [0.15, 0.2) is 0 Å². The first-order valence-electron chi connectivity index (χ1n) is 7.06. The molecule has 3 fully saturated rings. The molecule has 0 saturated heterocycles. The number of fused-ring (bicyclic) bond motifs is 4. The van der Waals surface area contributed by atoms with Crippen LogP contribution in [0.1, 0.15) is 51.4 Å². The van der Waals surface area contributed by atoms with Gasteiger partial charge in [0.1, 0.15) is 0 Å². The molecule has 16 heavy (non-hydrogen) atoms. The van der Waals surface area contributed by atoms with E-state index in [0.717, 1.165) is 11.8 Å². The molecule has 0 N–H and O–H groups in total. The molecule has 2 nitrogen and oxygen atoms in total. The average Bonchev–Trinajstić information content (AvgIpc) is 2.86. The molecular formula is C14H20N2. The van der Waals surface area contributed by atoms with Crippen molar-refractivity contribution >= 4 is 11.4 Å². The molecule has 0 aromatic carbocycles. The third-order valence-electron chi connectivity index (χ3n) is 5.08. The zero-order valence-corrected chi connectivity index (χ0v) is 9.86. The second-order valence-electron chi connectivity index (χ2n) is 6.01. The van der Waals surface area contributed by atoms with Gasteiger partial charge in [0.25, 0.3) is 0 Å². The summed E-state index contributed by atoms with van der Waals surface area (Å²) in [6, 6.07) is 1.12. The first-order valence-corrected chi connectivity index (χ1v) is 7.06. The smallest absolute Gasteiger partial charge is 0.0727 e. The lowest BCUT2D eigenvalue weighted by Gasteiger charge is -2.30. The summed E-state index contributed by atoms with van der Waals surface area (Å²) in [6.07, 6.45) is 10.8. The second-order valence-corrected chi connectivity index (χ2v) is 6.01. The number of hydrogen-bond donors (Lipinski definition) is 0. The summed E-state index contributed by atoms with van der Waals surface area (Å²) >= 11 is 0. The highest BCUT2D eigenvalue weighted by Gasteiger charge is 2.43. The third-order valence-corrected chi connectivity index (χ3v) is 5.08. The SMILES string of the molecule is C1CCC2N=C3C(=NC2C1)CC1CCCC31. The Morgan fingerprint density at radius 1 is 0.812 bits per heavy atom. The lowest BCUT2D eigenvalue weighted by molar-refractivity contribution is 0.384. The van der Waals surface area contributed by atoms with Gasteiger partial charge in [-0.25, -0.2) is 0 Å². The van der Waals surface area contributed by atoms with Gasteiger partial charge in [0.2, 0.25) is 0 Å². The van der Waals surface area contributed by atoms with Crippen molar-refractivity contribution in [3.8, 4) is 0 Å². The Bertz CT molecular complexity index is 369. The number of aliphatic imine (C=N–C) groups is 2. The van der Waals surface area contributed by atoms with Gasteiger partial charge in [-0.05, 0) is 38.0 Å². The monoisotopic (exact) mass is 216 g/mol. The van der Waals surface area contributed by atoms with Crippen molar-refractivity contribution in [2.24, 2.45) is 21.8 Å². The Morgan fingerprint density at radius 2 is 1.62 bits per heavy atom. The van der Waals surface area contributed by atoms with Crippen LogP contribution in [0.3, 0.4) is 0 Å². The highest BCUT2D eigenvalue weighted by Crippen LogP contribution is 2.43. The predicted molar refractivity (Wildman–Crippen MR) is 66.4 cm³/mol. The second kappa shape index (κ2) is 3.41. The van der Waals surface area contributed by atoms with Gasteiger partial charge >= 0.3 is 0 Å². The minimum atomic E-state index is 0.561. The molecule has 4 rings (SSSR count). The molecule has 1 aliphatic heterocycles. The zero-order chi connectivity index (χ0) is 10.5. The van der Waals surface area contributed by atoms with Crippen molar-refractivity contribution in [2.75, 3.05) is 0 Å². The van der Waals surface area contributed by atoms with Crippen LogP contribution in [0.2, 0.25) is 0 Å². The molecule has 4 aliphatic rings. The number of nitrogens with zero attached hydrogens (tertiary/aromatic N) is 2. The van der Waals surface area contributed by atoms with Crippen molar-refractivity contribution in [3.05, 3.63) is 0 Å². The van der Waals surface area contributed by atoms with E-state index < -0.39 is 0 Å². The van der Waals surface area contributed by atoms with Crippen LogP contribution in [-0.4, -0.2) is 23.5 Å². The van der Waals surface area contributed by atoms with Crippen LogP contribution in [0.4, 0.5) is 0 Å². The van der Waals surface area contributed by atoms with Gasteiger partial charge in [-0.2, -0.15) is 0 Å². The Kier molecular flexibility index (Phi) is 2.00. The van der Waals surface area contributed by atoms with Crippen LogP contribution < -0.4 is 0 Å². The van der Waals surface area contributed by atoms with E-state index >= 15 is 0 Å². The summed E-state index contributed by atoms with van der Waals surface area (Å²) in [7, 11) is 0. The molecule has 4 atom stereocenters. The standard InChI is InChI=1S/C14H20N2/c1-2-7-12-11(6-1)15-13-8-9-4-3-5-10(9)14(13)16-12/h9-12H,1-8H2.